The Hall–Kier alpha value is -3.15. The topological polar surface area (TPSA) is 98.6 Å². The fraction of sp³-hybridized carbons (Fsp3) is 0.481. The van der Waals surface area contributed by atoms with Gasteiger partial charge in [-0.05, 0) is 64.3 Å². The van der Waals surface area contributed by atoms with Crippen LogP contribution in [0.15, 0.2) is 30.5 Å². The molecule has 1 fully saturated rings. The number of aromatic nitrogens is 1. The predicted molar refractivity (Wildman–Crippen MR) is 145 cm³/mol. The maximum absolute atomic E-state index is 12.0. The van der Waals surface area contributed by atoms with E-state index in [-0.39, 0.29) is 11.5 Å². The lowest BCUT2D eigenvalue weighted by molar-refractivity contribution is -0.118. The van der Waals surface area contributed by atoms with E-state index in [1.807, 2.05) is 25.7 Å². The van der Waals surface area contributed by atoms with E-state index in [1.165, 1.54) is 17.7 Å². The van der Waals surface area contributed by atoms with Crippen molar-refractivity contribution < 1.29 is 14.3 Å². The molecule has 1 N–H and O–H groups in total. The molecule has 1 unspecified atom stereocenters. The Morgan fingerprint density at radius 2 is 1.94 bits per heavy atom. The zero-order valence-corrected chi connectivity index (χ0v) is 23.3. The van der Waals surface area contributed by atoms with E-state index >= 15 is 0 Å². The van der Waals surface area contributed by atoms with Gasteiger partial charge in [-0.2, -0.15) is 5.26 Å². The number of ether oxygens (including phenoxy) is 1. The molecule has 1 atom stereocenters. The number of hydrogen-bond donors (Lipinski definition) is 1. The zero-order chi connectivity index (χ0) is 27.5. The van der Waals surface area contributed by atoms with Crippen molar-refractivity contribution in [3.63, 3.8) is 0 Å². The SMILES string of the molecule is CC1CCCN1C=O.CNc1ncc(-c2ccc(C(=O)N(C)C)c(Cl)c2)cc1C#N.COC(C)(C)C. The molecule has 9 heteroatoms. The van der Waals surface area contributed by atoms with Crippen molar-refractivity contribution in [1.82, 2.24) is 14.8 Å². The molecule has 3 rings (SSSR count). The van der Waals surface area contributed by atoms with E-state index in [2.05, 4.69) is 23.3 Å². The first-order valence-corrected chi connectivity index (χ1v) is 12.1. The number of pyridine rings is 1. The Bertz CT molecular complexity index is 1060. The maximum Gasteiger partial charge on any atom is 0.254 e. The van der Waals surface area contributed by atoms with Gasteiger partial charge in [0.05, 0.1) is 21.8 Å². The maximum atomic E-state index is 12.0. The summed E-state index contributed by atoms with van der Waals surface area (Å²) in [6, 6.07) is 9.50. The van der Waals surface area contributed by atoms with Gasteiger partial charge in [-0.25, -0.2) is 4.98 Å². The number of carbonyl (C=O) groups excluding carboxylic acids is 2. The van der Waals surface area contributed by atoms with Crippen molar-refractivity contribution in [2.24, 2.45) is 0 Å². The van der Waals surface area contributed by atoms with Crippen LogP contribution in [0.3, 0.4) is 0 Å². The van der Waals surface area contributed by atoms with Gasteiger partial charge in [0.25, 0.3) is 5.91 Å². The number of carbonyl (C=O) groups is 2. The van der Waals surface area contributed by atoms with Crippen molar-refractivity contribution in [3.05, 3.63) is 46.6 Å². The summed E-state index contributed by atoms with van der Waals surface area (Å²) in [5.74, 6) is 0.370. The van der Waals surface area contributed by atoms with Crippen molar-refractivity contribution in [2.75, 3.05) is 40.1 Å². The lowest BCUT2D eigenvalue weighted by Crippen LogP contribution is -2.24. The van der Waals surface area contributed by atoms with Crippen molar-refractivity contribution in [1.29, 1.82) is 5.26 Å². The number of methoxy groups -OCH3 is 1. The molecule has 0 aliphatic carbocycles. The molecule has 1 aliphatic rings. The molecule has 2 amide bonds. The molecular weight excluding hydrogens is 478 g/mol. The summed E-state index contributed by atoms with van der Waals surface area (Å²) in [5, 5.41) is 12.4. The standard InChI is InChI=1S/C16H15ClN4O.C6H11NO.C5H12O/c1-19-15-11(8-18)6-12(9-20-15)10-4-5-13(14(17)7-10)16(22)21(2)3;1-6-3-2-4-7(6)5-8;1-5(2,3)6-4/h4-7,9H,1-3H3,(H,19,20);5-6H,2-4H2,1H3;1-4H3. The third kappa shape index (κ3) is 9.48. The van der Waals surface area contributed by atoms with Gasteiger partial charge in [0.15, 0.2) is 0 Å². The lowest BCUT2D eigenvalue weighted by Gasteiger charge is -2.14. The molecule has 0 saturated carbocycles. The molecule has 0 radical (unpaired) electrons. The predicted octanol–water partition coefficient (Wildman–Crippen LogP) is 5.08. The van der Waals surface area contributed by atoms with Crippen LogP contribution >= 0.6 is 11.6 Å². The van der Waals surface area contributed by atoms with E-state index < -0.39 is 0 Å². The minimum atomic E-state index is -0.155. The number of nitriles is 1. The molecule has 2 aromatic rings. The smallest absolute Gasteiger partial charge is 0.254 e. The number of anilines is 1. The van der Waals surface area contributed by atoms with Crippen LogP contribution in [-0.2, 0) is 9.53 Å². The number of amides is 2. The van der Waals surface area contributed by atoms with Crippen LogP contribution in [0.5, 0.6) is 0 Å². The molecule has 1 saturated heterocycles. The van der Waals surface area contributed by atoms with Gasteiger partial charge in [-0.3, -0.25) is 9.59 Å². The molecular formula is C27H38ClN5O3. The average Bonchev–Trinajstić information content (AvgIpc) is 3.28. The molecule has 0 spiro atoms. The summed E-state index contributed by atoms with van der Waals surface area (Å²) in [6.07, 6.45) is 4.96. The molecule has 196 valence electrons. The van der Waals surface area contributed by atoms with Crippen LogP contribution in [0.1, 0.15) is 56.5 Å². The normalized spacial score (nSPS) is 14.4. The Morgan fingerprint density at radius 1 is 1.31 bits per heavy atom. The van der Waals surface area contributed by atoms with Gasteiger partial charge in [0.1, 0.15) is 11.9 Å². The van der Waals surface area contributed by atoms with Crippen LogP contribution in [0.4, 0.5) is 5.82 Å². The third-order valence-corrected chi connectivity index (χ3v) is 5.85. The molecule has 1 aromatic heterocycles. The monoisotopic (exact) mass is 515 g/mol. The van der Waals surface area contributed by atoms with E-state index in [0.29, 0.717) is 28.0 Å². The van der Waals surface area contributed by atoms with Gasteiger partial charge in [-0.1, -0.05) is 17.7 Å². The highest BCUT2D eigenvalue weighted by Crippen LogP contribution is 2.27. The fourth-order valence-corrected chi connectivity index (χ4v) is 3.39. The highest BCUT2D eigenvalue weighted by atomic mass is 35.5. The number of nitrogens with one attached hydrogen (secondary N) is 1. The highest BCUT2D eigenvalue weighted by molar-refractivity contribution is 6.34. The summed E-state index contributed by atoms with van der Waals surface area (Å²) in [7, 11) is 6.76. The second-order valence-electron chi connectivity index (χ2n) is 9.53. The number of likely N-dealkylation sites (tertiary alicyclic amines) is 1. The molecule has 1 aromatic carbocycles. The number of benzene rings is 1. The van der Waals surface area contributed by atoms with Gasteiger partial charge >= 0.3 is 0 Å². The molecule has 36 heavy (non-hydrogen) atoms. The minimum Gasteiger partial charge on any atom is -0.379 e. The first kappa shape index (κ1) is 30.9. The van der Waals surface area contributed by atoms with Crippen LogP contribution in [0.2, 0.25) is 5.02 Å². The number of halogens is 1. The third-order valence-electron chi connectivity index (χ3n) is 5.54. The minimum absolute atomic E-state index is 0.0417. The number of hydrogen-bond acceptors (Lipinski definition) is 6. The lowest BCUT2D eigenvalue weighted by atomic mass is 10.0. The second kappa shape index (κ2) is 14.4. The second-order valence-corrected chi connectivity index (χ2v) is 9.93. The highest BCUT2D eigenvalue weighted by Gasteiger charge is 2.17. The molecule has 0 bridgehead atoms. The molecule has 8 nitrogen and oxygen atoms in total. The number of nitrogens with zero attached hydrogens (tertiary/aromatic N) is 4. The van der Waals surface area contributed by atoms with Gasteiger partial charge in [0.2, 0.25) is 6.41 Å². The van der Waals surface area contributed by atoms with Gasteiger partial charge in [0, 0.05) is 52.6 Å². The van der Waals surface area contributed by atoms with Crippen molar-refractivity contribution in [2.45, 2.75) is 52.2 Å². The van der Waals surface area contributed by atoms with Crippen LogP contribution in [0.25, 0.3) is 11.1 Å². The summed E-state index contributed by atoms with van der Waals surface area (Å²) in [6.45, 7) is 9.11. The van der Waals surface area contributed by atoms with Crippen LogP contribution in [0, 0.1) is 11.3 Å². The van der Waals surface area contributed by atoms with E-state index in [4.69, 9.17) is 21.6 Å². The van der Waals surface area contributed by atoms with E-state index in [1.54, 1.807) is 58.7 Å². The first-order valence-electron chi connectivity index (χ1n) is 11.7. The van der Waals surface area contributed by atoms with E-state index in [0.717, 1.165) is 24.1 Å². The Labute approximate surface area is 220 Å². The van der Waals surface area contributed by atoms with Crippen molar-refractivity contribution >= 4 is 29.7 Å². The van der Waals surface area contributed by atoms with Gasteiger partial charge < -0.3 is 19.9 Å². The molecule has 2 heterocycles. The van der Waals surface area contributed by atoms with E-state index in [9.17, 15) is 9.59 Å². The Balaban J connectivity index is 0.000000377. The summed E-state index contributed by atoms with van der Waals surface area (Å²) < 4.78 is 4.94. The summed E-state index contributed by atoms with van der Waals surface area (Å²) in [5.41, 5.74) is 2.49. The van der Waals surface area contributed by atoms with Gasteiger partial charge in [-0.15, -0.1) is 0 Å². The Morgan fingerprint density at radius 3 is 2.33 bits per heavy atom. The quantitative estimate of drug-likeness (QED) is 0.570. The number of rotatable bonds is 4. The summed E-state index contributed by atoms with van der Waals surface area (Å²) >= 11 is 6.21. The van der Waals surface area contributed by atoms with Crippen LogP contribution < -0.4 is 5.32 Å². The van der Waals surface area contributed by atoms with Crippen LogP contribution in [-0.4, -0.2) is 73.5 Å². The average molecular weight is 516 g/mol. The largest absolute Gasteiger partial charge is 0.379 e. The molecule has 1 aliphatic heterocycles. The zero-order valence-electron chi connectivity index (χ0n) is 22.6. The van der Waals surface area contributed by atoms with Crippen molar-refractivity contribution in [3.8, 4) is 17.2 Å². The first-order chi connectivity index (χ1) is 16.9. The fourth-order valence-electron chi connectivity index (χ4n) is 3.13. The summed E-state index contributed by atoms with van der Waals surface area (Å²) in [4.78, 5) is 29.6. The Kier molecular flexibility index (Phi) is 12.4.